The van der Waals surface area contributed by atoms with Crippen LogP contribution in [-0.2, 0) is 30.4 Å². The van der Waals surface area contributed by atoms with Gasteiger partial charge in [-0.05, 0) is 12.8 Å². The molecule has 0 spiro atoms. The average Bonchev–Trinajstić information content (AvgIpc) is 3.37. The van der Waals surface area contributed by atoms with E-state index >= 15 is 0 Å². The number of carbonyl (C=O) groups is 5. The van der Waals surface area contributed by atoms with Gasteiger partial charge in [0.1, 0.15) is 18.1 Å². The summed E-state index contributed by atoms with van der Waals surface area (Å²) in [5, 5.41) is 14.2. The van der Waals surface area contributed by atoms with E-state index < -0.39 is 54.1 Å². The van der Waals surface area contributed by atoms with Crippen molar-refractivity contribution in [1.82, 2.24) is 25.5 Å². The van der Waals surface area contributed by atoms with Crippen LogP contribution >= 0.6 is 0 Å². The molecular formula is C17H25N7O6. The first kappa shape index (κ1) is 22.8. The zero-order valence-corrected chi connectivity index (χ0v) is 16.2. The summed E-state index contributed by atoms with van der Waals surface area (Å²) in [4.78, 5) is 67.8. The van der Waals surface area contributed by atoms with Crippen molar-refractivity contribution < 1.29 is 29.1 Å². The number of carbonyl (C=O) groups excluding carboxylic acids is 4. The molecule has 0 aliphatic carbocycles. The second kappa shape index (κ2) is 10.3. The van der Waals surface area contributed by atoms with Crippen molar-refractivity contribution in [3.8, 4) is 0 Å². The van der Waals surface area contributed by atoms with E-state index in [2.05, 4.69) is 20.6 Å². The van der Waals surface area contributed by atoms with Crippen molar-refractivity contribution in [3.05, 3.63) is 18.2 Å². The van der Waals surface area contributed by atoms with Crippen LogP contribution < -0.4 is 22.1 Å². The first-order valence-corrected chi connectivity index (χ1v) is 9.31. The summed E-state index contributed by atoms with van der Waals surface area (Å²) < 4.78 is 0. The molecule has 164 valence electrons. The monoisotopic (exact) mass is 423 g/mol. The van der Waals surface area contributed by atoms with Crippen LogP contribution in [0.4, 0.5) is 0 Å². The number of amides is 4. The van der Waals surface area contributed by atoms with Gasteiger partial charge in [-0.15, -0.1) is 0 Å². The fourth-order valence-corrected chi connectivity index (χ4v) is 3.24. The largest absolute Gasteiger partial charge is 0.480 e. The van der Waals surface area contributed by atoms with Crippen LogP contribution in [0.2, 0.25) is 0 Å². The highest BCUT2D eigenvalue weighted by molar-refractivity contribution is 5.96. The molecule has 2 heterocycles. The number of H-pyrrole nitrogens is 1. The molecule has 2 rings (SSSR count). The number of carboxylic acids is 1. The maximum Gasteiger partial charge on any atom is 0.326 e. The molecular weight excluding hydrogens is 398 g/mol. The molecule has 0 radical (unpaired) electrons. The molecule has 1 aliphatic heterocycles. The second-order valence-corrected chi connectivity index (χ2v) is 6.86. The molecule has 1 fully saturated rings. The van der Waals surface area contributed by atoms with Crippen molar-refractivity contribution >= 4 is 29.6 Å². The molecule has 4 amide bonds. The quantitative estimate of drug-likeness (QED) is 0.225. The summed E-state index contributed by atoms with van der Waals surface area (Å²) in [7, 11) is 0. The summed E-state index contributed by atoms with van der Waals surface area (Å²) in [5.41, 5.74) is 10.9. The Kier molecular flexibility index (Phi) is 7.86. The summed E-state index contributed by atoms with van der Waals surface area (Å²) in [6.45, 7) is -0.177. The van der Waals surface area contributed by atoms with Crippen molar-refractivity contribution in [3.63, 3.8) is 0 Å². The molecule has 1 saturated heterocycles. The van der Waals surface area contributed by atoms with Crippen LogP contribution in [0.15, 0.2) is 12.5 Å². The molecule has 1 aliphatic rings. The topological polar surface area (TPSA) is 214 Å². The Morgan fingerprint density at radius 2 is 2.00 bits per heavy atom. The molecule has 1 aromatic rings. The first-order chi connectivity index (χ1) is 14.2. The van der Waals surface area contributed by atoms with E-state index in [4.69, 9.17) is 11.5 Å². The maximum atomic E-state index is 12.9. The highest BCUT2D eigenvalue weighted by Crippen LogP contribution is 2.19. The zero-order valence-electron chi connectivity index (χ0n) is 16.2. The van der Waals surface area contributed by atoms with Crippen LogP contribution in [0.5, 0.6) is 0 Å². The van der Waals surface area contributed by atoms with E-state index in [-0.39, 0.29) is 19.5 Å². The van der Waals surface area contributed by atoms with Gasteiger partial charge in [-0.25, -0.2) is 9.78 Å². The number of nitrogens with two attached hydrogens (primary N) is 2. The summed E-state index contributed by atoms with van der Waals surface area (Å²) in [5.74, 6) is -4.00. The Morgan fingerprint density at radius 1 is 1.27 bits per heavy atom. The standard InChI is InChI=1S/C17H25N7O6/c18-6-14(26)22-10(5-13(19)25)16(28)24-3-1-2-12(24)15(27)23-11(17(29)30)4-9-7-20-8-21-9/h7-8,10-12H,1-6,18H2,(H2,19,25)(H,20,21)(H,22,26)(H,23,27)(H,29,30). The normalized spacial score (nSPS) is 17.8. The van der Waals surface area contributed by atoms with Crippen molar-refractivity contribution in [1.29, 1.82) is 0 Å². The van der Waals surface area contributed by atoms with Crippen LogP contribution in [-0.4, -0.2) is 80.8 Å². The lowest BCUT2D eigenvalue weighted by atomic mass is 10.1. The number of imidazole rings is 1. The predicted molar refractivity (Wildman–Crippen MR) is 101 cm³/mol. The molecule has 0 aromatic carbocycles. The number of likely N-dealkylation sites (tertiary alicyclic amines) is 1. The van der Waals surface area contributed by atoms with Crippen LogP contribution in [0, 0.1) is 0 Å². The zero-order chi connectivity index (χ0) is 22.3. The van der Waals surface area contributed by atoms with Gasteiger partial charge in [-0.2, -0.15) is 0 Å². The molecule has 30 heavy (non-hydrogen) atoms. The van der Waals surface area contributed by atoms with E-state index in [0.29, 0.717) is 18.5 Å². The van der Waals surface area contributed by atoms with Crippen molar-refractivity contribution in [2.45, 2.75) is 43.8 Å². The first-order valence-electron chi connectivity index (χ1n) is 9.31. The van der Waals surface area contributed by atoms with Gasteiger partial charge >= 0.3 is 5.97 Å². The van der Waals surface area contributed by atoms with Gasteiger partial charge in [0.15, 0.2) is 0 Å². The summed E-state index contributed by atoms with van der Waals surface area (Å²) in [6.07, 6.45) is 3.17. The van der Waals surface area contributed by atoms with E-state index in [1.165, 1.54) is 17.4 Å². The Labute approximate surface area is 171 Å². The number of carboxylic acid groups (broad SMARTS) is 1. The Hall–Kier alpha value is -3.48. The number of hydrogen-bond donors (Lipinski definition) is 6. The lowest BCUT2D eigenvalue weighted by molar-refractivity contribution is -0.145. The third-order valence-corrected chi connectivity index (χ3v) is 4.66. The third kappa shape index (κ3) is 6.01. The van der Waals surface area contributed by atoms with Gasteiger partial charge < -0.3 is 37.1 Å². The number of aromatic amines is 1. The number of nitrogens with zero attached hydrogens (tertiary/aromatic N) is 2. The highest BCUT2D eigenvalue weighted by Gasteiger charge is 2.39. The van der Waals surface area contributed by atoms with E-state index in [0.717, 1.165) is 0 Å². The van der Waals surface area contributed by atoms with Crippen molar-refractivity contribution in [2.24, 2.45) is 11.5 Å². The van der Waals surface area contributed by atoms with Gasteiger partial charge in [0.25, 0.3) is 0 Å². The average molecular weight is 423 g/mol. The molecule has 8 N–H and O–H groups in total. The SMILES string of the molecule is NCC(=O)NC(CC(N)=O)C(=O)N1CCCC1C(=O)NC(Cc1cnc[nH]1)C(=O)O. The second-order valence-electron chi connectivity index (χ2n) is 6.86. The molecule has 3 unspecified atom stereocenters. The number of aliphatic carboxylic acids is 1. The van der Waals surface area contributed by atoms with E-state index in [1.807, 2.05) is 0 Å². The van der Waals surface area contributed by atoms with Gasteiger partial charge in [0, 0.05) is 24.9 Å². The molecule has 13 nitrogen and oxygen atoms in total. The highest BCUT2D eigenvalue weighted by atomic mass is 16.4. The minimum Gasteiger partial charge on any atom is -0.480 e. The minimum absolute atomic E-state index is 0.0153. The lowest BCUT2D eigenvalue weighted by Crippen LogP contribution is -2.56. The molecule has 3 atom stereocenters. The fourth-order valence-electron chi connectivity index (χ4n) is 3.24. The number of hydrogen-bond acceptors (Lipinski definition) is 7. The van der Waals surface area contributed by atoms with Gasteiger partial charge in [0.05, 0.1) is 19.3 Å². The Balaban J connectivity index is 2.10. The summed E-state index contributed by atoms with van der Waals surface area (Å²) in [6, 6.07) is -3.42. The molecule has 1 aromatic heterocycles. The smallest absolute Gasteiger partial charge is 0.326 e. The number of rotatable bonds is 10. The molecule has 0 saturated carbocycles. The lowest BCUT2D eigenvalue weighted by Gasteiger charge is -2.29. The van der Waals surface area contributed by atoms with Gasteiger partial charge in [-0.3, -0.25) is 19.2 Å². The van der Waals surface area contributed by atoms with Crippen LogP contribution in [0.3, 0.4) is 0 Å². The van der Waals surface area contributed by atoms with Crippen molar-refractivity contribution in [2.75, 3.05) is 13.1 Å². The van der Waals surface area contributed by atoms with E-state index in [1.54, 1.807) is 0 Å². The number of aromatic nitrogens is 2. The number of primary amides is 1. The van der Waals surface area contributed by atoms with Crippen LogP contribution in [0.25, 0.3) is 0 Å². The predicted octanol–water partition coefficient (Wildman–Crippen LogP) is -3.17. The minimum atomic E-state index is -1.26. The Morgan fingerprint density at radius 3 is 2.57 bits per heavy atom. The fraction of sp³-hybridized carbons (Fsp3) is 0.529. The van der Waals surface area contributed by atoms with Gasteiger partial charge in [-0.1, -0.05) is 0 Å². The Bertz CT molecular complexity index is 797. The maximum absolute atomic E-state index is 12.9. The molecule has 13 heteroatoms. The molecule has 0 bridgehead atoms. The van der Waals surface area contributed by atoms with Gasteiger partial charge in [0.2, 0.25) is 23.6 Å². The summed E-state index contributed by atoms with van der Waals surface area (Å²) >= 11 is 0. The van der Waals surface area contributed by atoms with E-state index in [9.17, 15) is 29.1 Å². The number of nitrogens with one attached hydrogen (secondary N) is 3. The van der Waals surface area contributed by atoms with Crippen LogP contribution in [0.1, 0.15) is 25.0 Å². The third-order valence-electron chi connectivity index (χ3n) is 4.66.